The topological polar surface area (TPSA) is 34.1 Å². The van der Waals surface area contributed by atoms with Crippen LogP contribution in [0.2, 0.25) is 0 Å². The fourth-order valence-corrected chi connectivity index (χ4v) is 2.97. The summed E-state index contributed by atoms with van der Waals surface area (Å²) in [5.41, 5.74) is 3.74. The summed E-state index contributed by atoms with van der Waals surface area (Å²) in [7, 11) is 0. The molecule has 2 nitrogen and oxygen atoms in total. The van der Waals surface area contributed by atoms with Gasteiger partial charge in [-0.3, -0.25) is 9.59 Å². The fourth-order valence-electron chi connectivity index (χ4n) is 2.19. The summed E-state index contributed by atoms with van der Waals surface area (Å²) in [4.78, 5) is 23.5. The van der Waals surface area contributed by atoms with Gasteiger partial charge < -0.3 is 0 Å². The van der Waals surface area contributed by atoms with Crippen molar-refractivity contribution in [2.75, 3.05) is 0 Å². The number of thiophene rings is 1. The molecule has 0 saturated carbocycles. The molecule has 0 saturated heterocycles. The summed E-state index contributed by atoms with van der Waals surface area (Å²) >= 11 is 1.44. The van der Waals surface area contributed by atoms with Crippen molar-refractivity contribution >= 4 is 41.1 Å². The van der Waals surface area contributed by atoms with E-state index in [4.69, 9.17) is 0 Å². The highest BCUT2D eigenvalue weighted by atomic mass is 32.1. The lowest BCUT2D eigenvalue weighted by Crippen LogP contribution is -1.83. The molecule has 0 radical (unpaired) electrons. The van der Waals surface area contributed by atoms with E-state index in [0.29, 0.717) is 10.5 Å². The molecule has 0 bridgehead atoms. The Hall–Kier alpha value is -2.26. The molecule has 1 heterocycles. The van der Waals surface area contributed by atoms with Crippen molar-refractivity contribution in [2.45, 2.75) is 0 Å². The average Bonchev–Trinajstić information content (AvgIpc) is 3.04. The summed E-state index contributed by atoms with van der Waals surface area (Å²) in [5, 5.41) is 0. The van der Waals surface area contributed by atoms with Gasteiger partial charge in [-0.1, -0.05) is 24.3 Å². The second-order valence-corrected chi connectivity index (χ2v) is 5.37. The number of rotatable bonds is 3. The molecule has 1 aromatic carbocycles. The summed E-state index contributed by atoms with van der Waals surface area (Å²) in [6, 6.07) is 11.5. The van der Waals surface area contributed by atoms with Crippen LogP contribution in [-0.2, 0) is 4.79 Å². The molecule has 0 fully saturated rings. The van der Waals surface area contributed by atoms with Gasteiger partial charge in [-0.25, -0.2) is 0 Å². The van der Waals surface area contributed by atoms with Crippen molar-refractivity contribution in [3.05, 3.63) is 63.4 Å². The molecule has 0 N–H and O–H groups in total. The number of allylic oxidation sites excluding steroid dienone is 3. The first-order chi connectivity index (χ1) is 9.31. The standard InChI is InChI=1S/C16H10O2S/c17-9-12-7-11(15-3-1-2-4-16(12)15)8-13-5-6-14(10-18)19-13/h1-10H/b11-8+. The summed E-state index contributed by atoms with van der Waals surface area (Å²) in [6.07, 6.45) is 5.62. The SMILES string of the molecule is O=CC1=C/C(=C\c2ccc(C=O)s2)c2ccccc21. The van der Waals surface area contributed by atoms with E-state index >= 15 is 0 Å². The van der Waals surface area contributed by atoms with Gasteiger partial charge in [-0.05, 0) is 41.0 Å². The van der Waals surface area contributed by atoms with Gasteiger partial charge in [0.2, 0.25) is 0 Å². The zero-order chi connectivity index (χ0) is 13.2. The van der Waals surface area contributed by atoms with E-state index in [0.717, 1.165) is 34.1 Å². The first-order valence-electron chi connectivity index (χ1n) is 5.85. The molecule has 0 atom stereocenters. The van der Waals surface area contributed by atoms with E-state index in [9.17, 15) is 9.59 Å². The van der Waals surface area contributed by atoms with Crippen LogP contribution < -0.4 is 0 Å². The van der Waals surface area contributed by atoms with E-state index in [1.165, 1.54) is 11.3 Å². The molecule has 3 heteroatoms. The zero-order valence-electron chi connectivity index (χ0n) is 10.00. The molecule has 3 rings (SSSR count). The lowest BCUT2D eigenvalue weighted by molar-refractivity contribution is -0.103. The molecular formula is C16H10O2S. The van der Waals surface area contributed by atoms with Crippen molar-refractivity contribution in [1.82, 2.24) is 0 Å². The largest absolute Gasteiger partial charge is 0.298 e. The Kier molecular flexibility index (Phi) is 2.97. The Bertz CT molecular complexity index is 720. The smallest absolute Gasteiger partial charge is 0.160 e. The number of carbonyl (C=O) groups is 2. The Morgan fingerprint density at radius 1 is 0.842 bits per heavy atom. The van der Waals surface area contributed by atoms with Crippen LogP contribution in [0.1, 0.15) is 25.7 Å². The first kappa shape index (κ1) is 11.8. The molecular weight excluding hydrogens is 256 g/mol. The number of hydrogen-bond donors (Lipinski definition) is 0. The summed E-state index contributed by atoms with van der Waals surface area (Å²) < 4.78 is 0. The van der Waals surface area contributed by atoms with Gasteiger partial charge in [-0.2, -0.15) is 0 Å². The number of fused-ring (bicyclic) bond motifs is 1. The monoisotopic (exact) mass is 266 g/mol. The minimum atomic E-state index is 0.703. The van der Waals surface area contributed by atoms with Crippen molar-refractivity contribution in [3.63, 3.8) is 0 Å². The highest BCUT2D eigenvalue weighted by Gasteiger charge is 2.17. The molecule has 0 unspecified atom stereocenters. The minimum Gasteiger partial charge on any atom is -0.298 e. The van der Waals surface area contributed by atoms with E-state index in [2.05, 4.69) is 0 Å². The molecule has 19 heavy (non-hydrogen) atoms. The van der Waals surface area contributed by atoms with E-state index in [-0.39, 0.29) is 0 Å². The van der Waals surface area contributed by atoms with E-state index in [1.54, 1.807) is 6.07 Å². The fraction of sp³-hybridized carbons (Fsp3) is 0. The molecule has 0 aliphatic heterocycles. The Morgan fingerprint density at radius 3 is 2.26 bits per heavy atom. The molecule has 0 spiro atoms. The van der Waals surface area contributed by atoms with Crippen LogP contribution in [0.5, 0.6) is 0 Å². The van der Waals surface area contributed by atoms with Crippen molar-refractivity contribution in [3.8, 4) is 0 Å². The number of hydrogen-bond acceptors (Lipinski definition) is 3. The Morgan fingerprint density at radius 2 is 1.58 bits per heavy atom. The van der Waals surface area contributed by atoms with Crippen LogP contribution in [0.3, 0.4) is 0 Å². The normalized spacial score (nSPS) is 15.2. The van der Waals surface area contributed by atoms with Crippen LogP contribution in [0, 0.1) is 0 Å². The van der Waals surface area contributed by atoms with Gasteiger partial charge in [0.25, 0.3) is 0 Å². The molecule has 1 aromatic heterocycles. The maximum atomic E-state index is 11.1. The van der Waals surface area contributed by atoms with Crippen LogP contribution in [0.25, 0.3) is 17.2 Å². The summed E-state index contributed by atoms with van der Waals surface area (Å²) in [5.74, 6) is 0. The van der Waals surface area contributed by atoms with Crippen LogP contribution >= 0.6 is 11.3 Å². The predicted molar refractivity (Wildman–Crippen MR) is 78.1 cm³/mol. The molecule has 1 aliphatic carbocycles. The average molecular weight is 266 g/mol. The second-order valence-electron chi connectivity index (χ2n) is 4.22. The number of carbonyl (C=O) groups excluding carboxylic acids is 2. The maximum absolute atomic E-state index is 11.1. The maximum Gasteiger partial charge on any atom is 0.160 e. The molecule has 2 aromatic rings. The Labute approximate surface area is 114 Å². The van der Waals surface area contributed by atoms with Gasteiger partial charge >= 0.3 is 0 Å². The van der Waals surface area contributed by atoms with Gasteiger partial charge in [-0.15, -0.1) is 11.3 Å². The third kappa shape index (κ3) is 2.09. The van der Waals surface area contributed by atoms with Crippen LogP contribution in [0.4, 0.5) is 0 Å². The van der Waals surface area contributed by atoms with Crippen LogP contribution in [-0.4, -0.2) is 12.6 Å². The highest BCUT2D eigenvalue weighted by molar-refractivity contribution is 7.14. The van der Waals surface area contributed by atoms with E-state index in [1.807, 2.05) is 42.5 Å². The molecule has 0 amide bonds. The number of aldehydes is 2. The van der Waals surface area contributed by atoms with E-state index < -0.39 is 0 Å². The van der Waals surface area contributed by atoms with Crippen molar-refractivity contribution in [1.29, 1.82) is 0 Å². The highest BCUT2D eigenvalue weighted by Crippen LogP contribution is 2.35. The molecule has 92 valence electrons. The summed E-state index contributed by atoms with van der Waals surface area (Å²) in [6.45, 7) is 0. The van der Waals surface area contributed by atoms with Crippen molar-refractivity contribution in [2.24, 2.45) is 0 Å². The lowest BCUT2D eigenvalue weighted by atomic mass is 10.0. The van der Waals surface area contributed by atoms with Crippen molar-refractivity contribution < 1.29 is 9.59 Å². The third-order valence-corrected chi connectivity index (χ3v) is 4.01. The molecule has 1 aliphatic rings. The van der Waals surface area contributed by atoms with Crippen LogP contribution in [0.15, 0.2) is 42.5 Å². The Balaban J connectivity index is 2.09. The lowest BCUT2D eigenvalue weighted by Gasteiger charge is -2.00. The first-order valence-corrected chi connectivity index (χ1v) is 6.67. The third-order valence-electron chi connectivity index (χ3n) is 3.05. The second kappa shape index (κ2) is 4.78. The van der Waals surface area contributed by atoms with Gasteiger partial charge in [0.15, 0.2) is 12.6 Å². The quantitative estimate of drug-likeness (QED) is 0.794. The van der Waals surface area contributed by atoms with Gasteiger partial charge in [0, 0.05) is 10.5 Å². The zero-order valence-corrected chi connectivity index (χ0v) is 10.8. The predicted octanol–water partition coefficient (Wildman–Crippen LogP) is 3.70. The minimum absolute atomic E-state index is 0.703. The number of benzene rings is 1. The van der Waals surface area contributed by atoms with Gasteiger partial charge in [0.1, 0.15) is 0 Å². The van der Waals surface area contributed by atoms with Gasteiger partial charge in [0.05, 0.1) is 4.88 Å².